The molecule has 1 amide bonds. The smallest absolute Gasteiger partial charge is 0.250 e. The maximum absolute atomic E-state index is 13.1. The largest absolute Gasteiger partial charge is 0.307 e. The van der Waals surface area contributed by atoms with Crippen LogP contribution in [-0.4, -0.2) is 25.5 Å². The Kier molecular flexibility index (Phi) is 5.53. The van der Waals surface area contributed by atoms with Gasteiger partial charge in [0.25, 0.3) is 0 Å². The minimum Gasteiger partial charge on any atom is -0.307 e. The summed E-state index contributed by atoms with van der Waals surface area (Å²) in [4.78, 5) is 12.5. The van der Waals surface area contributed by atoms with Gasteiger partial charge < -0.3 is 5.32 Å². The lowest BCUT2D eigenvalue weighted by atomic mass is 10.2. The fourth-order valence-electron chi connectivity index (χ4n) is 2.70. The minimum absolute atomic E-state index is 0.262. The van der Waals surface area contributed by atoms with Crippen molar-refractivity contribution in [2.75, 3.05) is 5.32 Å². The van der Waals surface area contributed by atoms with Crippen LogP contribution in [-0.2, 0) is 11.3 Å². The Morgan fingerprint density at radius 3 is 2.63 bits per heavy atom. The van der Waals surface area contributed by atoms with E-state index in [4.69, 9.17) is 23.2 Å². The van der Waals surface area contributed by atoms with E-state index in [0.29, 0.717) is 28.1 Å². The van der Waals surface area contributed by atoms with Crippen molar-refractivity contribution in [3.8, 4) is 0 Å². The van der Waals surface area contributed by atoms with E-state index >= 15 is 0 Å². The fraction of sp³-hybridized carbons (Fsp3) is 0.278. The molecule has 0 fully saturated rings. The summed E-state index contributed by atoms with van der Waals surface area (Å²) in [5.41, 5.74) is 2.13. The second kappa shape index (κ2) is 7.70. The third-order valence-corrected chi connectivity index (χ3v) is 5.12. The third-order valence-electron chi connectivity index (χ3n) is 4.22. The molecule has 3 aromatic rings. The number of carbonyl (C=O) groups is 1. The van der Waals surface area contributed by atoms with Gasteiger partial charge in [-0.25, -0.2) is 4.39 Å². The van der Waals surface area contributed by atoms with Crippen LogP contribution in [0.2, 0.25) is 10.0 Å². The molecular formula is C18H18Cl2FN5O. The van der Waals surface area contributed by atoms with Gasteiger partial charge in [-0.1, -0.05) is 29.3 Å². The molecule has 6 nitrogen and oxygen atoms in total. The number of nitrogens with one attached hydrogen (secondary N) is 1. The molecule has 0 aliphatic rings. The molecule has 0 spiro atoms. The molecule has 0 saturated heterocycles. The van der Waals surface area contributed by atoms with E-state index in [1.165, 1.54) is 12.1 Å². The van der Waals surface area contributed by atoms with Crippen LogP contribution >= 0.6 is 23.2 Å². The van der Waals surface area contributed by atoms with Gasteiger partial charge in [-0.15, -0.1) is 0 Å². The monoisotopic (exact) mass is 409 g/mol. The number of aromatic nitrogens is 4. The average molecular weight is 410 g/mol. The van der Waals surface area contributed by atoms with Crippen molar-refractivity contribution in [3.63, 3.8) is 0 Å². The fourth-order valence-corrected chi connectivity index (χ4v) is 3.05. The number of anilines is 1. The van der Waals surface area contributed by atoms with Crippen molar-refractivity contribution in [1.82, 2.24) is 19.6 Å². The van der Waals surface area contributed by atoms with Gasteiger partial charge in [0.05, 0.1) is 23.0 Å². The summed E-state index contributed by atoms with van der Waals surface area (Å²) in [6, 6.07) is 5.33. The first-order valence-corrected chi connectivity index (χ1v) is 9.01. The molecule has 9 heteroatoms. The van der Waals surface area contributed by atoms with E-state index in [-0.39, 0.29) is 5.91 Å². The first kappa shape index (κ1) is 19.4. The molecular weight excluding hydrogens is 392 g/mol. The predicted octanol–water partition coefficient (Wildman–Crippen LogP) is 4.39. The van der Waals surface area contributed by atoms with Gasteiger partial charge in [0, 0.05) is 17.3 Å². The Bertz CT molecular complexity index is 998. The molecule has 1 aromatic carbocycles. The second-order valence-corrected chi connectivity index (χ2v) is 7.01. The van der Waals surface area contributed by atoms with Crippen LogP contribution < -0.4 is 5.32 Å². The lowest BCUT2D eigenvalue weighted by Gasteiger charge is -2.13. The average Bonchev–Trinajstić information content (AvgIpc) is 3.16. The standard InChI is InChI=1S/C18H18Cl2FN5O/c1-10-17(20)11(2)26(23-10)12(3)18(27)22-16-6-7-25(24-16)9-13-4-5-14(21)8-15(13)19/h4-8,12H,9H2,1-3H3,(H,22,24,27). The summed E-state index contributed by atoms with van der Waals surface area (Å²) >= 11 is 12.2. The minimum atomic E-state index is -0.548. The van der Waals surface area contributed by atoms with Crippen LogP contribution in [0.15, 0.2) is 30.5 Å². The lowest BCUT2D eigenvalue weighted by molar-refractivity contribution is -0.119. The molecule has 142 valence electrons. The number of rotatable bonds is 5. The number of carbonyl (C=O) groups excluding carboxylic acids is 1. The van der Waals surface area contributed by atoms with E-state index in [0.717, 1.165) is 11.3 Å². The lowest BCUT2D eigenvalue weighted by Crippen LogP contribution is -2.25. The zero-order valence-electron chi connectivity index (χ0n) is 15.0. The third kappa shape index (κ3) is 4.14. The van der Waals surface area contributed by atoms with Crippen molar-refractivity contribution in [2.45, 2.75) is 33.4 Å². The normalized spacial score (nSPS) is 12.2. The summed E-state index contributed by atoms with van der Waals surface area (Å²) < 4.78 is 16.3. The van der Waals surface area contributed by atoms with Crippen molar-refractivity contribution in [1.29, 1.82) is 0 Å². The van der Waals surface area contributed by atoms with Crippen molar-refractivity contribution >= 4 is 34.9 Å². The number of hydrogen-bond donors (Lipinski definition) is 1. The van der Waals surface area contributed by atoms with E-state index in [1.54, 1.807) is 41.5 Å². The highest BCUT2D eigenvalue weighted by Crippen LogP contribution is 2.23. The highest BCUT2D eigenvalue weighted by Gasteiger charge is 2.21. The Hall–Kier alpha value is -2.38. The summed E-state index contributed by atoms with van der Waals surface area (Å²) in [5, 5.41) is 12.2. The van der Waals surface area contributed by atoms with Gasteiger partial charge in [-0.2, -0.15) is 10.2 Å². The molecule has 1 unspecified atom stereocenters. The molecule has 0 aliphatic heterocycles. The van der Waals surface area contributed by atoms with Gasteiger partial charge in [0.1, 0.15) is 11.9 Å². The molecule has 27 heavy (non-hydrogen) atoms. The van der Waals surface area contributed by atoms with Crippen molar-refractivity contribution < 1.29 is 9.18 Å². The quantitative estimate of drug-likeness (QED) is 0.679. The number of halogens is 3. The Morgan fingerprint density at radius 2 is 2.00 bits per heavy atom. The summed E-state index contributed by atoms with van der Waals surface area (Å²) in [7, 11) is 0. The van der Waals surface area contributed by atoms with Crippen LogP contribution in [0.1, 0.15) is 29.9 Å². The van der Waals surface area contributed by atoms with Crippen LogP contribution in [0.5, 0.6) is 0 Å². The molecule has 2 heterocycles. The van der Waals surface area contributed by atoms with E-state index in [9.17, 15) is 9.18 Å². The number of hydrogen-bond acceptors (Lipinski definition) is 3. The number of nitrogens with zero attached hydrogens (tertiary/aromatic N) is 4. The highest BCUT2D eigenvalue weighted by molar-refractivity contribution is 6.32. The zero-order valence-corrected chi connectivity index (χ0v) is 16.5. The van der Waals surface area contributed by atoms with Crippen LogP contribution in [0.4, 0.5) is 10.2 Å². The summed E-state index contributed by atoms with van der Waals surface area (Å²) in [5.74, 6) is -0.254. The zero-order chi connectivity index (χ0) is 19.7. The number of aryl methyl sites for hydroxylation is 1. The maximum Gasteiger partial charge on any atom is 0.250 e. The first-order chi connectivity index (χ1) is 12.8. The van der Waals surface area contributed by atoms with Gasteiger partial charge in [0.15, 0.2) is 5.82 Å². The molecule has 1 N–H and O–H groups in total. The number of benzene rings is 1. The van der Waals surface area contributed by atoms with Gasteiger partial charge in [-0.05, 0) is 38.5 Å². The van der Waals surface area contributed by atoms with Crippen molar-refractivity contribution in [2.24, 2.45) is 0 Å². The summed E-state index contributed by atoms with van der Waals surface area (Å²) in [6.45, 7) is 5.70. The molecule has 0 bridgehead atoms. The van der Waals surface area contributed by atoms with Crippen LogP contribution in [0.25, 0.3) is 0 Å². The van der Waals surface area contributed by atoms with Crippen molar-refractivity contribution in [3.05, 3.63) is 63.3 Å². The Labute approximate surface area is 165 Å². The number of amides is 1. The maximum atomic E-state index is 13.1. The molecule has 1 atom stereocenters. The molecule has 2 aromatic heterocycles. The van der Waals surface area contributed by atoms with Gasteiger partial charge in [-0.3, -0.25) is 14.2 Å². The van der Waals surface area contributed by atoms with Crippen LogP contribution in [0.3, 0.4) is 0 Å². The van der Waals surface area contributed by atoms with Crippen LogP contribution in [0, 0.1) is 19.7 Å². The van der Waals surface area contributed by atoms with E-state index in [1.807, 2.05) is 6.92 Å². The molecule has 0 aliphatic carbocycles. The van der Waals surface area contributed by atoms with E-state index < -0.39 is 11.9 Å². The summed E-state index contributed by atoms with van der Waals surface area (Å²) in [6.07, 6.45) is 1.71. The Balaban J connectivity index is 1.69. The molecule has 3 rings (SSSR count). The van der Waals surface area contributed by atoms with Gasteiger partial charge in [0.2, 0.25) is 5.91 Å². The second-order valence-electron chi connectivity index (χ2n) is 6.23. The van der Waals surface area contributed by atoms with E-state index in [2.05, 4.69) is 15.5 Å². The first-order valence-electron chi connectivity index (χ1n) is 8.25. The topological polar surface area (TPSA) is 64.7 Å². The predicted molar refractivity (Wildman–Crippen MR) is 103 cm³/mol. The Morgan fingerprint density at radius 1 is 1.26 bits per heavy atom. The van der Waals surface area contributed by atoms with Gasteiger partial charge >= 0.3 is 0 Å². The SMILES string of the molecule is Cc1nn(C(C)C(=O)Nc2ccn(Cc3ccc(F)cc3Cl)n2)c(C)c1Cl. The highest BCUT2D eigenvalue weighted by atomic mass is 35.5. The molecule has 0 saturated carbocycles. The molecule has 0 radical (unpaired) electrons.